The lowest BCUT2D eigenvalue weighted by Gasteiger charge is -2.18. The highest BCUT2D eigenvalue weighted by Gasteiger charge is 2.24. The molecule has 0 spiro atoms. The molecular formula is C6H11NO4. The Bertz CT molecular complexity index is 157. The second-order valence-electron chi connectivity index (χ2n) is 2.25. The van der Waals surface area contributed by atoms with E-state index in [1.807, 2.05) is 0 Å². The Morgan fingerprint density at radius 1 is 1.45 bits per heavy atom. The standard InChI is InChI=1S/C6H11NO4/c1-3(9)5(10)6(11)4(7)2-8/h2-3,5-7,9-11H,1H3/t3-,5-,6+/m1/s1. The van der Waals surface area contributed by atoms with E-state index in [1.165, 1.54) is 6.92 Å². The molecule has 0 aromatic heterocycles. The van der Waals surface area contributed by atoms with Crippen LogP contribution < -0.4 is 0 Å². The maximum absolute atomic E-state index is 9.90. The molecule has 3 atom stereocenters. The number of nitrogens with one attached hydrogen (secondary N) is 1. The number of aliphatic hydroxyl groups is 3. The molecule has 5 heteroatoms. The van der Waals surface area contributed by atoms with Crippen molar-refractivity contribution in [1.82, 2.24) is 0 Å². The Kier molecular flexibility index (Phi) is 3.88. The fourth-order valence-corrected chi connectivity index (χ4v) is 0.517. The van der Waals surface area contributed by atoms with Crippen molar-refractivity contribution in [2.75, 3.05) is 0 Å². The van der Waals surface area contributed by atoms with Crippen LogP contribution in [0, 0.1) is 5.41 Å². The molecule has 0 amide bonds. The molecule has 64 valence electrons. The topological polar surface area (TPSA) is 102 Å². The Labute approximate surface area is 63.8 Å². The highest BCUT2D eigenvalue weighted by molar-refractivity contribution is 6.28. The molecule has 0 bridgehead atoms. The van der Waals surface area contributed by atoms with Gasteiger partial charge in [0.15, 0.2) is 6.29 Å². The summed E-state index contributed by atoms with van der Waals surface area (Å²) in [6, 6.07) is 0. The van der Waals surface area contributed by atoms with Crippen LogP contribution in [-0.2, 0) is 4.79 Å². The molecule has 5 nitrogen and oxygen atoms in total. The van der Waals surface area contributed by atoms with Gasteiger partial charge < -0.3 is 15.3 Å². The summed E-state index contributed by atoms with van der Waals surface area (Å²) in [7, 11) is 0. The first-order chi connectivity index (χ1) is 5.00. The monoisotopic (exact) mass is 161 g/mol. The summed E-state index contributed by atoms with van der Waals surface area (Å²) in [5.74, 6) is 0. The summed E-state index contributed by atoms with van der Waals surface area (Å²) in [6.45, 7) is 1.26. The Morgan fingerprint density at radius 2 is 1.91 bits per heavy atom. The van der Waals surface area contributed by atoms with Crippen molar-refractivity contribution in [3.8, 4) is 0 Å². The minimum Gasteiger partial charge on any atom is -0.391 e. The Balaban J connectivity index is 4.11. The Hall–Kier alpha value is -0.780. The summed E-state index contributed by atoms with van der Waals surface area (Å²) >= 11 is 0. The van der Waals surface area contributed by atoms with Gasteiger partial charge in [-0.25, -0.2) is 0 Å². The van der Waals surface area contributed by atoms with Gasteiger partial charge in [0.25, 0.3) is 0 Å². The van der Waals surface area contributed by atoms with Crippen molar-refractivity contribution in [3.63, 3.8) is 0 Å². The molecule has 0 saturated carbocycles. The SMILES string of the molecule is C[C@@H](O)[C@@H](O)[C@@H](O)C(=N)C=O. The number of hydrogen-bond donors (Lipinski definition) is 4. The molecule has 0 heterocycles. The number of carbonyl (C=O) groups excluding carboxylic acids is 1. The molecule has 0 fully saturated rings. The van der Waals surface area contributed by atoms with E-state index in [0.29, 0.717) is 0 Å². The molecule has 0 aliphatic heterocycles. The molecule has 0 aliphatic rings. The average Bonchev–Trinajstić information content (AvgIpc) is 2.00. The summed E-state index contributed by atoms with van der Waals surface area (Å²) in [5, 5.41) is 33.3. The first-order valence-corrected chi connectivity index (χ1v) is 3.08. The second kappa shape index (κ2) is 4.17. The quantitative estimate of drug-likeness (QED) is 0.292. The van der Waals surface area contributed by atoms with Gasteiger partial charge in [0.2, 0.25) is 0 Å². The molecule has 4 N–H and O–H groups in total. The van der Waals surface area contributed by atoms with E-state index in [2.05, 4.69) is 0 Å². The average molecular weight is 161 g/mol. The maximum atomic E-state index is 9.90. The highest BCUT2D eigenvalue weighted by atomic mass is 16.4. The predicted molar refractivity (Wildman–Crippen MR) is 37.5 cm³/mol. The molecule has 0 aliphatic carbocycles. The molecule has 0 aromatic carbocycles. The molecule has 11 heavy (non-hydrogen) atoms. The van der Waals surface area contributed by atoms with Gasteiger partial charge in [-0.2, -0.15) is 0 Å². The largest absolute Gasteiger partial charge is 0.391 e. The van der Waals surface area contributed by atoms with Gasteiger partial charge in [-0.05, 0) is 6.92 Å². The lowest BCUT2D eigenvalue weighted by molar-refractivity contribution is -0.103. The van der Waals surface area contributed by atoms with Crippen LogP contribution in [0.15, 0.2) is 0 Å². The van der Waals surface area contributed by atoms with Crippen LogP contribution in [0.3, 0.4) is 0 Å². The predicted octanol–water partition coefficient (Wildman–Crippen LogP) is -1.69. The third-order valence-electron chi connectivity index (χ3n) is 1.26. The zero-order valence-corrected chi connectivity index (χ0v) is 6.06. The maximum Gasteiger partial charge on any atom is 0.166 e. The minimum atomic E-state index is -1.60. The van der Waals surface area contributed by atoms with Crippen molar-refractivity contribution in [3.05, 3.63) is 0 Å². The van der Waals surface area contributed by atoms with Gasteiger partial charge in [-0.1, -0.05) is 0 Å². The van der Waals surface area contributed by atoms with Gasteiger partial charge in [-0.15, -0.1) is 0 Å². The number of hydrogen-bond acceptors (Lipinski definition) is 5. The normalized spacial score (nSPS) is 18.5. The minimum absolute atomic E-state index is 0.121. The molecular weight excluding hydrogens is 150 g/mol. The van der Waals surface area contributed by atoms with E-state index < -0.39 is 24.0 Å². The number of rotatable bonds is 4. The molecule has 0 radical (unpaired) electrons. The summed E-state index contributed by atoms with van der Waals surface area (Å²) in [4.78, 5) is 9.90. The summed E-state index contributed by atoms with van der Waals surface area (Å²) in [5.41, 5.74) is -0.640. The van der Waals surface area contributed by atoms with E-state index in [9.17, 15) is 4.79 Å². The van der Waals surface area contributed by atoms with E-state index in [-0.39, 0.29) is 6.29 Å². The lowest BCUT2D eigenvalue weighted by Crippen LogP contribution is -2.41. The smallest absolute Gasteiger partial charge is 0.166 e. The molecule has 0 aromatic rings. The number of aliphatic hydroxyl groups excluding tert-OH is 3. The van der Waals surface area contributed by atoms with E-state index >= 15 is 0 Å². The third-order valence-corrected chi connectivity index (χ3v) is 1.26. The number of aldehydes is 1. The fraction of sp³-hybridized carbons (Fsp3) is 0.667. The fourth-order valence-electron chi connectivity index (χ4n) is 0.517. The second-order valence-corrected chi connectivity index (χ2v) is 2.25. The molecule has 0 saturated heterocycles. The first-order valence-electron chi connectivity index (χ1n) is 3.08. The zero-order valence-electron chi connectivity index (χ0n) is 6.06. The van der Waals surface area contributed by atoms with Crippen LogP contribution in [0.5, 0.6) is 0 Å². The lowest BCUT2D eigenvalue weighted by atomic mass is 10.1. The van der Waals surface area contributed by atoms with Crippen LogP contribution >= 0.6 is 0 Å². The summed E-state index contributed by atoms with van der Waals surface area (Å²) < 4.78 is 0. The van der Waals surface area contributed by atoms with Gasteiger partial charge in [0.05, 0.1) is 6.10 Å². The van der Waals surface area contributed by atoms with Crippen molar-refractivity contribution in [2.45, 2.75) is 25.2 Å². The van der Waals surface area contributed by atoms with Crippen molar-refractivity contribution in [2.24, 2.45) is 0 Å². The van der Waals surface area contributed by atoms with Gasteiger partial charge in [0.1, 0.15) is 17.9 Å². The molecule has 0 rings (SSSR count). The Morgan fingerprint density at radius 3 is 2.18 bits per heavy atom. The van der Waals surface area contributed by atoms with Crippen LogP contribution in [0.2, 0.25) is 0 Å². The highest BCUT2D eigenvalue weighted by Crippen LogP contribution is 1.99. The van der Waals surface area contributed by atoms with Gasteiger partial charge in [0, 0.05) is 0 Å². The first kappa shape index (κ1) is 10.2. The van der Waals surface area contributed by atoms with Crippen LogP contribution in [-0.4, -0.2) is 45.6 Å². The van der Waals surface area contributed by atoms with E-state index in [4.69, 9.17) is 20.7 Å². The van der Waals surface area contributed by atoms with E-state index in [1.54, 1.807) is 0 Å². The van der Waals surface area contributed by atoms with Crippen LogP contribution in [0.25, 0.3) is 0 Å². The van der Waals surface area contributed by atoms with Crippen LogP contribution in [0.1, 0.15) is 6.92 Å². The van der Waals surface area contributed by atoms with E-state index in [0.717, 1.165) is 0 Å². The van der Waals surface area contributed by atoms with Crippen LogP contribution in [0.4, 0.5) is 0 Å². The zero-order chi connectivity index (χ0) is 9.02. The summed E-state index contributed by atoms with van der Waals surface area (Å²) in [6.07, 6.45) is -4.12. The van der Waals surface area contributed by atoms with Crippen molar-refractivity contribution in [1.29, 1.82) is 5.41 Å². The van der Waals surface area contributed by atoms with Crippen molar-refractivity contribution < 1.29 is 20.1 Å². The third kappa shape index (κ3) is 2.75. The number of carbonyl (C=O) groups is 1. The van der Waals surface area contributed by atoms with Crippen molar-refractivity contribution >= 4 is 12.0 Å². The molecule has 0 unspecified atom stereocenters. The van der Waals surface area contributed by atoms with Gasteiger partial charge in [-0.3, -0.25) is 10.2 Å². The van der Waals surface area contributed by atoms with Gasteiger partial charge >= 0.3 is 0 Å².